The third-order valence-electron chi connectivity index (χ3n) is 4.39. The van der Waals surface area contributed by atoms with E-state index in [-0.39, 0.29) is 11.9 Å². The Morgan fingerprint density at radius 1 is 0.960 bits per heavy atom. The van der Waals surface area contributed by atoms with E-state index in [0.29, 0.717) is 13.0 Å². The zero-order valence-corrected chi connectivity index (χ0v) is 15.7. The fourth-order valence-corrected chi connectivity index (χ4v) is 2.79. The zero-order chi connectivity index (χ0) is 18.2. The van der Waals surface area contributed by atoms with E-state index in [2.05, 4.69) is 51.5 Å². The van der Waals surface area contributed by atoms with Gasteiger partial charge in [0.05, 0.1) is 6.04 Å². The molecule has 2 aromatic rings. The van der Waals surface area contributed by atoms with Crippen LogP contribution in [0.25, 0.3) is 0 Å². The lowest BCUT2D eigenvalue weighted by molar-refractivity contribution is -0.121. The van der Waals surface area contributed by atoms with Crippen molar-refractivity contribution < 1.29 is 4.79 Å². The Morgan fingerprint density at radius 3 is 2.16 bits per heavy atom. The molecule has 0 fully saturated rings. The number of carbonyl (C=O) groups excluding carboxylic acids is 1. The molecule has 0 aliphatic carbocycles. The Bertz CT molecular complexity index is 651. The summed E-state index contributed by atoms with van der Waals surface area (Å²) in [6, 6.07) is 18.8. The Morgan fingerprint density at radius 2 is 1.60 bits per heavy atom. The molecule has 1 unspecified atom stereocenters. The van der Waals surface area contributed by atoms with Crippen molar-refractivity contribution in [3.05, 3.63) is 65.7 Å². The van der Waals surface area contributed by atoms with Gasteiger partial charge in [0, 0.05) is 32.7 Å². The first-order chi connectivity index (χ1) is 12.0. The van der Waals surface area contributed by atoms with Crippen LogP contribution in [0.1, 0.15) is 23.6 Å². The van der Waals surface area contributed by atoms with Gasteiger partial charge < -0.3 is 15.1 Å². The van der Waals surface area contributed by atoms with Crippen LogP contribution in [0.15, 0.2) is 54.6 Å². The molecule has 2 rings (SSSR count). The maximum atomic E-state index is 12.2. The van der Waals surface area contributed by atoms with Gasteiger partial charge in [0.25, 0.3) is 0 Å². The minimum Gasteiger partial charge on any atom is -0.378 e. The molecule has 0 aromatic heterocycles. The number of hydrogen-bond donors (Lipinski definition) is 1. The highest BCUT2D eigenvalue weighted by atomic mass is 16.1. The van der Waals surface area contributed by atoms with E-state index in [1.807, 2.05) is 46.4 Å². The van der Waals surface area contributed by atoms with Crippen LogP contribution in [-0.2, 0) is 11.2 Å². The van der Waals surface area contributed by atoms with Crippen molar-refractivity contribution in [3.8, 4) is 0 Å². The lowest BCUT2D eigenvalue weighted by Crippen LogP contribution is -2.34. The van der Waals surface area contributed by atoms with Crippen LogP contribution < -0.4 is 10.2 Å². The average Bonchev–Trinajstić information content (AvgIpc) is 2.61. The number of hydrogen-bond acceptors (Lipinski definition) is 3. The van der Waals surface area contributed by atoms with E-state index in [4.69, 9.17) is 0 Å². The highest BCUT2D eigenvalue weighted by molar-refractivity contribution is 5.76. The van der Waals surface area contributed by atoms with Crippen molar-refractivity contribution in [3.63, 3.8) is 0 Å². The summed E-state index contributed by atoms with van der Waals surface area (Å²) in [6.07, 6.45) is 1.29. The number of likely N-dealkylation sites (N-methyl/N-ethyl adjacent to an activating group) is 1. The summed E-state index contributed by atoms with van der Waals surface area (Å²) in [5.41, 5.74) is 3.58. The van der Waals surface area contributed by atoms with Gasteiger partial charge in [-0.3, -0.25) is 4.79 Å². The molecule has 25 heavy (non-hydrogen) atoms. The topological polar surface area (TPSA) is 35.6 Å². The maximum Gasteiger partial charge on any atom is 0.220 e. The van der Waals surface area contributed by atoms with Gasteiger partial charge in [0.15, 0.2) is 0 Å². The normalized spacial score (nSPS) is 12.0. The van der Waals surface area contributed by atoms with E-state index in [0.717, 1.165) is 6.42 Å². The molecule has 0 aliphatic heterocycles. The first kappa shape index (κ1) is 19.0. The van der Waals surface area contributed by atoms with E-state index in [1.165, 1.54) is 16.8 Å². The average molecular weight is 339 g/mol. The molecular weight excluding hydrogens is 310 g/mol. The van der Waals surface area contributed by atoms with E-state index in [9.17, 15) is 4.79 Å². The molecule has 2 aromatic carbocycles. The molecule has 1 amide bonds. The van der Waals surface area contributed by atoms with Gasteiger partial charge in [0.2, 0.25) is 5.91 Å². The fourth-order valence-electron chi connectivity index (χ4n) is 2.79. The van der Waals surface area contributed by atoms with Crippen molar-refractivity contribution in [1.29, 1.82) is 0 Å². The van der Waals surface area contributed by atoms with Gasteiger partial charge in [-0.2, -0.15) is 0 Å². The van der Waals surface area contributed by atoms with E-state index in [1.54, 1.807) is 0 Å². The van der Waals surface area contributed by atoms with Gasteiger partial charge in [-0.1, -0.05) is 42.5 Å². The first-order valence-corrected chi connectivity index (χ1v) is 8.71. The Balaban J connectivity index is 1.89. The summed E-state index contributed by atoms with van der Waals surface area (Å²) < 4.78 is 0. The van der Waals surface area contributed by atoms with Crippen molar-refractivity contribution in [2.45, 2.75) is 18.9 Å². The van der Waals surface area contributed by atoms with Crippen molar-refractivity contribution in [2.75, 3.05) is 39.6 Å². The number of nitrogens with one attached hydrogen (secondary N) is 1. The molecule has 0 radical (unpaired) electrons. The largest absolute Gasteiger partial charge is 0.378 e. The third-order valence-corrected chi connectivity index (χ3v) is 4.39. The SMILES string of the molecule is CN(C)c1ccc(C(CNC(=O)CCc2ccccc2)N(C)C)cc1. The van der Waals surface area contributed by atoms with Gasteiger partial charge in [-0.25, -0.2) is 0 Å². The Labute approximate surface area is 151 Å². The van der Waals surface area contributed by atoms with Crippen LogP contribution in [0, 0.1) is 0 Å². The molecule has 0 saturated carbocycles. The molecular formula is C21H29N3O. The second-order valence-electron chi connectivity index (χ2n) is 6.76. The second-order valence-corrected chi connectivity index (χ2v) is 6.76. The van der Waals surface area contributed by atoms with Crippen LogP contribution in [0.4, 0.5) is 5.69 Å². The number of benzene rings is 2. The van der Waals surface area contributed by atoms with Gasteiger partial charge in [-0.15, -0.1) is 0 Å². The Kier molecular flexibility index (Phi) is 7.02. The number of nitrogens with zero attached hydrogens (tertiary/aromatic N) is 2. The summed E-state index contributed by atoms with van der Waals surface area (Å²) in [5, 5.41) is 3.08. The lowest BCUT2D eigenvalue weighted by atomic mass is 10.0. The Hall–Kier alpha value is -2.33. The molecule has 0 bridgehead atoms. The van der Waals surface area contributed by atoms with Gasteiger partial charge in [-0.05, 0) is 43.8 Å². The molecule has 134 valence electrons. The summed E-state index contributed by atoms with van der Waals surface area (Å²) in [6.45, 7) is 0.613. The quantitative estimate of drug-likeness (QED) is 0.803. The highest BCUT2D eigenvalue weighted by Crippen LogP contribution is 2.21. The molecule has 4 nitrogen and oxygen atoms in total. The smallest absolute Gasteiger partial charge is 0.220 e. The highest BCUT2D eigenvalue weighted by Gasteiger charge is 2.15. The molecule has 1 N–H and O–H groups in total. The summed E-state index contributed by atoms with van der Waals surface area (Å²) in [7, 11) is 8.15. The number of anilines is 1. The minimum atomic E-state index is 0.0978. The molecule has 0 aliphatic rings. The van der Waals surface area contributed by atoms with E-state index >= 15 is 0 Å². The lowest BCUT2D eigenvalue weighted by Gasteiger charge is -2.26. The fraction of sp³-hybridized carbons (Fsp3) is 0.381. The van der Waals surface area contributed by atoms with Crippen LogP contribution in [0.2, 0.25) is 0 Å². The number of aryl methyl sites for hydroxylation is 1. The van der Waals surface area contributed by atoms with Crippen molar-refractivity contribution in [2.24, 2.45) is 0 Å². The molecule has 4 heteroatoms. The number of rotatable bonds is 8. The molecule has 0 saturated heterocycles. The monoisotopic (exact) mass is 339 g/mol. The number of amides is 1. The number of carbonyl (C=O) groups is 1. The standard InChI is InChI=1S/C21H29N3O/c1-23(2)19-13-11-18(12-14-19)20(24(3)4)16-22-21(25)15-10-17-8-6-5-7-9-17/h5-9,11-14,20H,10,15-16H2,1-4H3,(H,22,25). The first-order valence-electron chi connectivity index (χ1n) is 8.71. The maximum absolute atomic E-state index is 12.2. The predicted octanol–water partition coefficient (Wildman–Crippen LogP) is 3.10. The molecule has 0 heterocycles. The van der Waals surface area contributed by atoms with Crippen LogP contribution in [0.5, 0.6) is 0 Å². The third kappa shape index (κ3) is 5.91. The minimum absolute atomic E-state index is 0.0978. The predicted molar refractivity (Wildman–Crippen MR) is 105 cm³/mol. The molecule has 0 spiro atoms. The summed E-state index contributed by atoms with van der Waals surface area (Å²) in [4.78, 5) is 16.4. The van der Waals surface area contributed by atoms with Crippen molar-refractivity contribution >= 4 is 11.6 Å². The van der Waals surface area contributed by atoms with Gasteiger partial charge >= 0.3 is 0 Å². The van der Waals surface area contributed by atoms with Gasteiger partial charge in [0.1, 0.15) is 0 Å². The van der Waals surface area contributed by atoms with Crippen LogP contribution in [-0.4, -0.2) is 45.5 Å². The van der Waals surface area contributed by atoms with Crippen LogP contribution >= 0.6 is 0 Å². The summed E-state index contributed by atoms with van der Waals surface area (Å²) in [5.74, 6) is 0.0978. The van der Waals surface area contributed by atoms with E-state index < -0.39 is 0 Å². The van der Waals surface area contributed by atoms with Crippen LogP contribution in [0.3, 0.4) is 0 Å². The van der Waals surface area contributed by atoms with Crippen molar-refractivity contribution in [1.82, 2.24) is 10.2 Å². The second kappa shape index (κ2) is 9.23. The summed E-state index contributed by atoms with van der Waals surface area (Å²) >= 11 is 0. The zero-order valence-electron chi connectivity index (χ0n) is 15.7. The molecule has 1 atom stereocenters.